The average Bonchev–Trinajstić information content (AvgIpc) is 3.04. The number of hydrogen-bond acceptors (Lipinski definition) is 4. The van der Waals surface area contributed by atoms with E-state index in [0.717, 1.165) is 12.1 Å². The number of amides is 1. The first-order valence-electron chi connectivity index (χ1n) is 8.92. The van der Waals surface area contributed by atoms with Crippen molar-refractivity contribution < 1.29 is 27.1 Å². The molecule has 0 N–H and O–H groups in total. The van der Waals surface area contributed by atoms with Crippen LogP contribution in [0.1, 0.15) is 11.6 Å². The van der Waals surface area contributed by atoms with E-state index in [2.05, 4.69) is 16.7 Å². The molecule has 0 saturated carbocycles. The van der Waals surface area contributed by atoms with Crippen molar-refractivity contribution in [2.75, 3.05) is 20.2 Å². The molecule has 1 aliphatic rings. The molecule has 30 heavy (non-hydrogen) atoms. The summed E-state index contributed by atoms with van der Waals surface area (Å²) in [6, 6.07) is 6.12. The fourth-order valence-corrected chi connectivity index (χ4v) is 3.35. The maximum absolute atomic E-state index is 13.1. The highest BCUT2D eigenvalue weighted by molar-refractivity contribution is 5.93. The molecule has 1 fully saturated rings. The van der Waals surface area contributed by atoms with Gasteiger partial charge in [-0.1, -0.05) is 18.7 Å². The smallest absolute Gasteiger partial charge is 0.416 e. The van der Waals surface area contributed by atoms with E-state index in [4.69, 9.17) is 4.74 Å². The molecule has 6 nitrogen and oxygen atoms in total. The van der Waals surface area contributed by atoms with Gasteiger partial charge in [0.05, 0.1) is 30.3 Å². The lowest BCUT2D eigenvalue weighted by molar-refractivity contribution is -0.137. The van der Waals surface area contributed by atoms with E-state index in [1.165, 1.54) is 30.3 Å². The third kappa shape index (κ3) is 3.38. The summed E-state index contributed by atoms with van der Waals surface area (Å²) in [6.45, 7) is 3.45. The van der Waals surface area contributed by atoms with Gasteiger partial charge < -0.3 is 9.64 Å². The second-order valence-electron chi connectivity index (χ2n) is 6.88. The maximum atomic E-state index is 13.1. The molecule has 2 aromatic heterocycles. The third-order valence-corrected chi connectivity index (χ3v) is 4.97. The van der Waals surface area contributed by atoms with Gasteiger partial charge >= 0.3 is 6.18 Å². The molecule has 0 spiro atoms. The quantitative estimate of drug-likeness (QED) is 0.473. The first kappa shape index (κ1) is 19.9. The number of nitrogens with zero attached hydrogens (tertiary/aromatic N) is 4. The van der Waals surface area contributed by atoms with Crippen LogP contribution in [0.3, 0.4) is 0 Å². The molecule has 1 saturated heterocycles. The standard InChI is InChI=1S/C20H16F4N4O2/c1-11(21)19(29)27-9-14(10-27)28-18-16(7-15(30-2)8-25-18)17(26-28)12-3-5-13(6-4-12)20(22,23)24/h3-8,14H,1,9-10H2,2H3. The minimum Gasteiger partial charge on any atom is -0.495 e. The molecule has 3 aromatic rings. The van der Waals surface area contributed by atoms with Gasteiger partial charge in [-0.2, -0.15) is 18.3 Å². The Morgan fingerprint density at radius 3 is 2.47 bits per heavy atom. The van der Waals surface area contributed by atoms with E-state index in [9.17, 15) is 22.4 Å². The van der Waals surface area contributed by atoms with Crippen molar-refractivity contribution in [1.29, 1.82) is 0 Å². The Labute approximate surface area is 168 Å². The molecule has 3 heterocycles. The van der Waals surface area contributed by atoms with Crippen LogP contribution in [0.15, 0.2) is 48.9 Å². The molecule has 1 amide bonds. The molecule has 10 heteroatoms. The molecule has 156 valence electrons. The van der Waals surface area contributed by atoms with Gasteiger partial charge in [-0.3, -0.25) is 4.79 Å². The highest BCUT2D eigenvalue weighted by Crippen LogP contribution is 2.35. The number of alkyl halides is 3. The molecule has 4 rings (SSSR count). The van der Waals surface area contributed by atoms with E-state index < -0.39 is 23.5 Å². The third-order valence-electron chi connectivity index (χ3n) is 4.97. The van der Waals surface area contributed by atoms with Crippen LogP contribution < -0.4 is 4.74 Å². The summed E-state index contributed by atoms with van der Waals surface area (Å²) in [6.07, 6.45) is -2.94. The number of carbonyl (C=O) groups is 1. The number of halogens is 4. The van der Waals surface area contributed by atoms with Crippen molar-refractivity contribution >= 4 is 16.9 Å². The van der Waals surface area contributed by atoms with Gasteiger partial charge in [0.1, 0.15) is 11.4 Å². The predicted molar refractivity (Wildman–Crippen MR) is 100 cm³/mol. The van der Waals surface area contributed by atoms with Gasteiger partial charge in [-0.05, 0) is 18.2 Å². The highest BCUT2D eigenvalue weighted by atomic mass is 19.4. The zero-order chi connectivity index (χ0) is 21.6. The normalized spacial score (nSPS) is 14.6. The Kier molecular flexibility index (Phi) is 4.71. The van der Waals surface area contributed by atoms with Crippen LogP contribution >= 0.6 is 0 Å². The number of fused-ring (bicyclic) bond motifs is 1. The summed E-state index contributed by atoms with van der Waals surface area (Å²) < 4.78 is 58.5. The molecule has 0 unspecified atom stereocenters. The molecule has 0 bridgehead atoms. The number of aromatic nitrogens is 3. The Hall–Kier alpha value is -3.43. The van der Waals surface area contributed by atoms with Crippen molar-refractivity contribution in [3.63, 3.8) is 0 Å². The van der Waals surface area contributed by atoms with Gasteiger partial charge in [0.2, 0.25) is 0 Å². The average molecular weight is 420 g/mol. The van der Waals surface area contributed by atoms with Gasteiger partial charge in [-0.25, -0.2) is 14.1 Å². The number of methoxy groups -OCH3 is 1. The van der Waals surface area contributed by atoms with E-state index >= 15 is 0 Å². The lowest BCUT2D eigenvalue weighted by Crippen LogP contribution is -2.51. The van der Waals surface area contributed by atoms with Crippen molar-refractivity contribution in [3.05, 3.63) is 54.5 Å². The van der Waals surface area contributed by atoms with Crippen LogP contribution in [0, 0.1) is 0 Å². The number of hydrogen-bond donors (Lipinski definition) is 0. The van der Waals surface area contributed by atoms with Crippen LogP contribution in [0.4, 0.5) is 17.6 Å². The van der Waals surface area contributed by atoms with Crippen molar-refractivity contribution in [2.45, 2.75) is 12.2 Å². The predicted octanol–water partition coefficient (Wildman–Crippen LogP) is 3.99. The molecule has 1 aliphatic heterocycles. The summed E-state index contributed by atoms with van der Waals surface area (Å²) in [5.74, 6) is -1.35. The van der Waals surface area contributed by atoms with E-state index in [1.807, 2.05) is 0 Å². The highest BCUT2D eigenvalue weighted by Gasteiger charge is 2.35. The van der Waals surface area contributed by atoms with Crippen molar-refractivity contribution in [2.24, 2.45) is 0 Å². The van der Waals surface area contributed by atoms with Gasteiger partial charge in [0, 0.05) is 18.7 Å². The monoisotopic (exact) mass is 420 g/mol. The molecule has 0 aliphatic carbocycles. The van der Waals surface area contributed by atoms with E-state index in [-0.39, 0.29) is 19.1 Å². The Morgan fingerprint density at radius 2 is 1.90 bits per heavy atom. The number of pyridine rings is 1. The number of rotatable bonds is 4. The SMILES string of the molecule is C=C(F)C(=O)N1CC(n2nc(-c3ccc(C(F)(F)F)cc3)c3cc(OC)cnc32)C1. The van der Waals surface area contributed by atoms with E-state index in [1.54, 1.807) is 10.7 Å². The first-order chi connectivity index (χ1) is 14.2. The fraction of sp³-hybridized carbons (Fsp3) is 0.250. The van der Waals surface area contributed by atoms with E-state index in [0.29, 0.717) is 28.0 Å². The molecule has 0 radical (unpaired) electrons. The summed E-state index contributed by atoms with van der Waals surface area (Å²) in [7, 11) is 1.48. The summed E-state index contributed by atoms with van der Waals surface area (Å²) >= 11 is 0. The zero-order valence-corrected chi connectivity index (χ0v) is 15.8. The minimum absolute atomic E-state index is 0.221. The lowest BCUT2D eigenvalue weighted by Gasteiger charge is -2.38. The molecule has 0 atom stereocenters. The Morgan fingerprint density at radius 1 is 1.23 bits per heavy atom. The summed E-state index contributed by atoms with van der Waals surface area (Å²) in [4.78, 5) is 17.3. The summed E-state index contributed by atoms with van der Waals surface area (Å²) in [5, 5.41) is 5.14. The second-order valence-corrected chi connectivity index (χ2v) is 6.88. The van der Waals surface area contributed by atoms with Crippen molar-refractivity contribution in [1.82, 2.24) is 19.7 Å². The first-order valence-corrected chi connectivity index (χ1v) is 8.92. The zero-order valence-electron chi connectivity index (χ0n) is 15.8. The summed E-state index contributed by atoms with van der Waals surface area (Å²) in [5.41, 5.74) is 0.642. The number of benzene rings is 1. The molecular weight excluding hydrogens is 404 g/mol. The number of carbonyl (C=O) groups excluding carboxylic acids is 1. The Balaban J connectivity index is 1.73. The second kappa shape index (κ2) is 7.12. The van der Waals surface area contributed by atoms with Crippen LogP contribution in [0.2, 0.25) is 0 Å². The van der Waals surface area contributed by atoms with Crippen LogP contribution in [-0.2, 0) is 11.0 Å². The Bertz CT molecular complexity index is 1130. The van der Waals surface area contributed by atoms with Crippen molar-refractivity contribution in [3.8, 4) is 17.0 Å². The van der Waals surface area contributed by atoms with Gasteiger partial charge in [0.15, 0.2) is 11.5 Å². The number of likely N-dealkylation sites (tertiary alicyclic amines) is 1. The number of ether oxygens (including phenoxy) is 1. The molecular formula is C20H16F4N4O2. The maximum Gasteiger partial charge on any atom is 0.416 e. The van der Waals surface area contributed by atoms with Crippen LogP contribution in [-0.4, -0.2) is 45.8 Å². The largest absolute Gasteiger partial charge is 0.495 e. The van der Waals surface area contributed by atoms with Gasteiger partial charge in [-0.15, -0.1) is 0 Å². The lowest BCUT2D eigenvalue weighted by atomic mass is 10.1. The van der Waals surface area contributed by atoms with Crippen LogP contribution in [0.5, 0.6) is 5.75 Å². The molecule has 1 aromatic carbocycles. The fourth-order valence-electron chi connectivity index (χ4n) is 3.35. The minimum atomic E-state index is -4.44. The van der Waals surface area contributed by atoms with Gasteiger partial charge in [0.25, 0.3) is 5.91 Å². The van der Waals surface area contributed by atoms with Crippen LogP contribution in [0.25, 0.3) is 22.3 Å². The topological polar surface area (TPSA) is 60.2 Å².